The van der Waals surface area contributed by atoms with Crippen LogP contribution in [0.1, 0.15) is 17.2 Å². The van der Waals surface area contributed by atoms with Gasteiger partial charge in [-0.25, -0.2) is 5.01 Å². The molecule has 32 heavy (non-hydrogen) atoms. The number of nitro groups is 2. The van der Waals surface area contributed by atoms with E-state index in [0.717, 1.165) is 22.4 Å². The number of benzene rings is 2. The third-order valence-corrected chi connectivity index (χ3v) is 5.79. The van der Waals surface area contributed by atoms with Crippen molar-refractivity contribution in [3.63, 3.8) is 0 Å². The van der Waals surface area contributed by atoms with Gasteiger partial charge >= 0.3 is 0 Å². The van der Waals surface area contributed by atoms with Gasteiger partial charge < -0.3 is 10.6 Å². The molecule has 2 heterocycles. The number of thiocarbonyl (C=S) groups is 1. The molecule has 2 N–H and O–H groups in total. The summed E-state index contributed by atoms with van der Waals surface area (Å²) in [6, 6.07) is 12.4. The fraction of sp³-hybridized carbons (Fsp3) is 0.238. The van der Waals surface area contributed by atoms with E-state index in [9.17, 15) is 20.2 Å². The molecule has 4 rings (SSSR count). The topological polar surface area (TPSA) is 131 Å². The molecule has 1 fully saturated rings. The summed E-state index contributed by atoms with van der Waals surface area (Å²) in [6.45, 7) is 1.35. The van der Waals surface area contributed by atoms with Gasteiger partial charge in [0, 0.05) is 43.3 Å². The smallest absolute Gasteiger partial charge is 0.269 e. The number of hydrogen-bond donors (Lipinski definition) is 1. The summed E-state index contributed by atoms with van der Waals surface area (Å²) in [7, 11) is 2.00. The second-order valence-corrected chi connectivity index (χ2v) is 8.20. The number of non-ortho nitro benzene ring substituents is 2. The molecule has 0 aromatic heterocycles. The molecule has 2 aliphatic heterocycles. The van der Waals surface area contributed by atoms with Crippen LogP contribution in [-0.4, -0.2) is 50.7 Å². The van der Waals surface area contributed by atoms with Crippen LogP contribution in [0.2, 0.25) is 0 Å². The van der Waals surface area contributed by atoms with Gasteiger partial charge in [0.15, 0.2) is 5.11 Å². The zero-order chi connectivity index (χ0) is 23.0. The van der Waals surface area contributed by atoms with Gasteiger partial charge in [0.25, 0.3) is 11.4 Å². The highest BCUT2D eigenvalue weighted by molar-refractivity contribution is 7.80. The van der Waals surface area contributed by atoms with Crippen molar-refractivity contribution in [1.82, 2.24) is 9.91 Å². The molecule has 0 radical (unpaired) electrons. The Kier molecular flexibility index (Phi) is 5.68. The molecule has 1 saturated heterocycles. The Bertz CT molecular complexity index is 1150. The summed E-state index contributed by atoms with van der Waals surface area (Å²) >= 11 is 5.25. The van der Waals surface area contributed by atoms with E-state index in [-0.39, 0.29) is 28.4 Å². The van der Waals surface area contributed by atoms with Crippen LogP contribution in [0.15, 0.2) is 59.2 Å². The molecule has 0 aliphatic carbocycles. The molecule has 0 bridgehead atoms. The van der Waals surface area contributed by atoms with E-state index in [4.69, 9.17) is 23.1 Å². The van der Waals surface area contributed by atoms with Gasteiger partial charge in [0.05, 0.1) is 21.6 Å². The predicted molar refractivity (Wildman–Crippen MR) is 124 cm³/mol. The maximum Gasteiger partial charge on any atom is 0.269 e. The first-order valence-corrected chi connectivity index (χ1v) is 10.2. The molecule has 2 aliphatic rings. The van der Waals surface area contributed by atoms with Crippen LogP contribution < -0.4 is 5.73 Å². The zero-order valence-electron chi connectivity index (χ0n) is 17.1. The van der Waals surface area contributed by atoms with Crippen LogP contribution in [0.5, 0.6) is 0 Å². The van der Waals surface area contributed by atoms with E-state index in [1.807, 2.05) is 13.1 Å². The maximum absolute atomic E-state index is 11.0. The summed E-state index contributed by atoms with van der Waals surface area (Å²) in [5.74, 6) is -0.0546. The standard InChI is InChI=1S/C21H20N6O4S/c1-24-11-15(10-13-2-6-16(7-3-13)26(28)29)19-18(12-24)20(25(23-19)21(22)32)14-4-8-17(9-5-14)27(30)31/h2-10,18,20H,11-12H2,1H3,(H2,22,32)/b15-10-/t18-,20+/m0/s1. The van der Waals surface area contributed by atoms with Crippen molar-refractivity contribution in [2.24, 2.45) is 16.8 Å². The SMILES string of the molecule is CN1C/C(=C/c2ccc([N+](=O)[O-])cc2)C2=NN(C(N)=S)[C@H](c3ccc([N+](=O)[O-])cc3)[C@H]2C1. The minimum absolute atomic E-state index is 0.00859. The van der Waals surface area contributed by atoms with Crippen LogP contribution in [0.25, 0.3) is 6.08 Å². The molecule has 11 heteroatoms. The number of piperidine rings is 1. The Balaban J connectivity index is 1.71. The Morgan fingerprint density at radius 2 is 1.66 bits per heavy atom. The number of likely N-dealkylation sites (tertiary alicyclic amines) is 1. The van der Waals surface area contributed by atoms with Crippen molar-refractivity contribution >= 4 is 40.5 Å². The van der Waals surface area contributed by atoms with Crippen molar-refractivity contribution in [3.05, 3.63) is 85.5 Å². The van der Waals surface area contributed by atoms with Crippen LogP contribution in [0.3, 0.4) is 0 Å². The lowest BCUT2D eigenvalue weighted by atomic mass is 9.83. The van der Waals surface area contributed by atoms with Gasteiger partial charge in [-0.1, -0.05) is 12.1 Å². The van der Waals surface area contributed by atoms with E-state index >= 15 is 0 Å². The van der Waals surface area contributed by atoms with Crippen molar-refractivity contribution in [2.45, 2.75) is 6.04 Å². The molecule has 2 aromatic rings. The predicted octanol–water partition coefficient (Wildman–Crippen LogP) is 3.10. The monoisotopic (exact) mass is 452 g/mol. The number of fused-ring (bicyclic) bond motifs is 1. The van der Waals surface area contributed by atoms with E-state index in [2.05, 4.69) is 4.90 Å². The molecule has 10 nitrogen and oxygen atoms in total. The third kappa shape index (κ3) is 4.07. The summed E-state index contributed by atoms with van der Waals surface area (Å²) in [5, 5.41) is 28.4. The molecule has 0 amide bonds. The summed E-state index contributed by atoms with van der Waals surface area (Å²) in [4.78, 5) is 23.2. The van der Waals surface area contributed by atoms with Gasteiger partial charge in [-0.05, 0) is 54.2 Å². The summed E-state index contributed by atoms with van der Waals surface area (Å²) < 4.78 is 0. The zero-order valence-corrected chi connectivity index (χ0v) is 17.9. The van der Waals surface area contributed by atoms with E-state index < -0.39 is 9.85 Å². The van der Waals surface area contributed by atoms with Crippen LogP contribution >= 0.6 is 12.2 Å². The first kappa shape index (κ1) is 21.5. The van der Waals surface area contributed by atoms with Crippen molar-refractivity contribution in [3.8, 4) is 0 Å². The minimum atomic E-state index is -0.439. The normalized spacial score (nSPS) is 21.8. The van der Waals surface area contributed by atoms with E-state index in [1.54, 1.807) is 29.3 Å². The average molecular weight is 452 g/mol. The first-order valence-electron chi connectivity index (χ1n) is 9.80. The van der Waals surface area contributed by atoms with Crippen molar-refractivity contribution < 1.29 is 9.85 Å². The highest BCUT2D eigenvalue weighted by Crippen LogP contribution is 2.41. The van der Waals surface area contributed by atoms with Gasteiger partial charge in [0.2, 0.25) is 0 Å². The van der Waals surface area contributed by atoms with Gasteiger partial charge in [-0.3, -0.25) is 20.2 Å². The number of rotatable bonds is 4. The summed E-state index contributed by atoms with van der Waals surface area (Å²) in [6.07, 6.45) is 1.96. The van der Waals surface area contributed by atoms with Gasteiger partial charge in [0.1, 0.15) is 0 Å². The summed E-state index contributed by atoms with van der Waals surface area (Å²) in [5.41, 5.74) is 9.48. The molecule has 164 valence electrons. The number of likely N-dealkylation sites (N-methyl/N-ethyl adjacent to an activating group) is 1. The fourth-order valence-corrected chi connectivity index (χ4v) is 4.35. The lowest BCUT2D eigenvalue weighted by molar-refractivity contribution is -0.385. The molecule has 2 atom stereocenters. The second kappa shape index (κ2) is 8.44. The first-order chi connectivity index (χ1) is 15.2. The van der Waals surface area contributed by atoms with Crippen LogP contribution in [0.4, 0.5) is 11.4 Å². The minimum Gasteiger partial charge on any atom is -0.375 e. The molecular weight excluding hydrogens is 432 g/mol. The van der Waals surface area contributed by atoms with Crippen LogP contribution in [-0.2, 0) is 0 Å². The number of hydrogen-bond acceptors (Lipinski definition) is 7. The third-order valence-electron chi connectivity index (χ3n) is 5.60. The Morgan fingerprint density at radius 3 is 2.19 bits per heavy atom. The Morgan fingerprint density at radius 1 is 1.09 bits per heavy atom. The van der Waals surface area contributed by atoms with Crippen molar-refractivity contribution in [1.29, 1.82) is 0 Å². The largest absolute Gasteiger partial charge is 0.375 e. The van der Waals surface area contributed by atoms with Crippen LogP contribution in [0, 0.1) is 26.1 Å². The molecule has 0 unspecified atom stereocenters. The Labute approximate surface area is 188 Å². The lowest BCUT2D eigenvalue weighted by Crippen LogP contribution is -2.42. The molecule has 0 spiro atoms. The highest BCUT2D eigenvalue weighted by Gasteiger charge is 2.43. The molecular formula is C21H20N6O4S. The number of nitrogens with zero attached hydrogens (tertiary/aromatic N) is 5. The molecule has 2 aromatic carbocycles. The van der Waals surface area contributed by atoms with Crippen molar-refractivity contribution in [2.75, 3.05) is 20.1 Å². The van der Waals surface area contributed by atoms with E-state index in [1.165, 1.54) is 24.3 Å². The van der Waals surface area contributed by atoms with Gasteiger partial charge in [-0.15, -0.1) is 0 Å². The fourth-order valence-electron chi connectivity index (χ4n) is 4.20. The average Bonchev–Trinajstić information content (AvgIpc) is 3.14. The molecule has 0 saturated carbocycles. The maximum atomic E-state index is 11.0. The lowest BCUT2D eigenvalue weighted by Gasteiger charge is -2.34. The second-order valence-electron chi connectivity index (χ2n) is 7.78. The quantitative estimate of drug-likeness (QED) is 0.425. The van der Waals surface area contributed by atoms with E-state index in [0.29, 0.717) is 13.1 Å². The number of hydrazone groups is 1. The number of nitro benzene ring substituents is 2. The van der Waals surface area contributed by atoms with Gasteiger partial charge in [-0.2, -0.15) is 5.10 Å². The Hall–Kier alpha value is -3.70. The highest BCUT2D eigenvalue weighted by atomic mass is 32.1. The number of nitrogens with two attached hydrogens (primary N) is 1.